The van der Waals surface area contributed by atoms with Crippen LogP contribution in [0.1, 0.15) is 51.0 Å². The van der Waals surface area contributed by atoms with Crippen molar-refractivity contribution in [1.29, 1.82) is 0 Å². The summed E-state index contributed by atoms with van der Waals surface area (Å²) in [6.07, 6.45) is 4.14. The zero-order valence-electron chi connectivity index (χ0n) is 11.6. The molecule has 0 aromatic carbocycles. The summed E-state index contributed by atoms with van der Waals surface area (Å²) in [6, 6.07) is 2.63. The number of aliphatic hydroxyl groups excluding tert-OH is 1. The van der Waals surface area contributed by atoms with Crippen LogP contribution in [0.5, 0.6) is 0 Å². The highest BCUT2D eigenvalue weighted by Crippen LogP contribution is 2.26. The molecular weight excluding hydrogens is 228 g/mol. The number of rotatable bonds is 4. The average Bonchev–Trinajstić information content (AvgIpc) is 2.73. The van der Waals surface area contributed by atoms with Crippen molar-refractivity contribution in [3.8, 4) is 0 Å². The van der Waals surface area contributed by atoms with Crippen LogP contribution in [-0.2, 0) is 6.54 Å². The molecule has 1 saturated carbocycles. The molecule has 1 fully saturated rings. The van der Waals surface area contributed by atoms with Crippen molar-refractivity contribution in [2.75, 3.05) is 0 Å². The molecule has 102 valence electrons. The second-order valence-electron chi connectivity index (χ2n) is 5.62. The van der Waals surface area contributed by atoms with Crippen molar-refractivity contribution in [2.45, 2.75) is 71.2 Å². The van der Waals surface area contributed by atoms with Crippen molar-refractivity contribution < 1.29 is 9.63 Å². The fourth-order valence-electron chi connectivity index (χ4n) is 2.83. The lowest BCUT2D eigenvalue weighted by Gasteiger charge is -2.39. The zero-order chi connectivity index (χ0) is 13.1. The van der Waals surface area contributed by atoms with Gasteiger partial charge in [0.05, 0.1) is 18.3 Å². The Bertz CT molecular complexity index is 376. The summed E-state index contributed by atoms with van der Waals surface area (Å²) in [5.41, 5.74) is 0.915. The van der Waals surface area contributed by atoms with Crippen LogP contribution >= 0.6 is 0 Å². The molecule has 0 saturated heterocycles. The Balaban J connectivity index is 2.07. The van der Waals surface area contributed by atoms with Gasteiger partial charge in [-0.2, -0.15) is 0 Å². The summed E-state index contributed by atoms with van der Waals surface area (Å²) in [4.78, 5) is 2.34. The highest BCUT2D eigenvalue weighted by atomic mass is 16.5. The SMILES string of the molecule is Cc1cc(CN(C(C)C)[C@@H]2CCCC[C@@H]2O)on1. The van der Waals surface area contributed by atoms with E-state index in [4.69, 9.17) is 4.52 Å². The van der Waals surface area contributed by atoms with E-state index in [1.54, 1.807) is 0 Å². The van der Waals surface area contributed by atoms with Gasteiger partial charge in [-0.25, -0.2) is 0 Å². The van der Waals surface area contributed by atoms with Crippen molar-refractivity contribution in [3.05, 3.63) is 17.5 Å². The second-order valence-corrected chi connectivity index (χ2v) is 5.62. The molecule has 1 heterocycles. The summed E-state index contributed by atoms with van der Waals surface area (Å²) in [5, 5.41) is 14.1. The third-order valence-electron chi connectivity index (χ3n) is 3.80. The number of nitrogens with zero attached hydrogens (tertiary/aromatic N) is 2. The van der Waals surface area contributed by atoms with Gasteiger partial charge in [-0.1, -0.05) is 18.0 Å². The maximum Gasteiger partial charge on any atom is 0.150 e. The van der Waals surface area contributed by atoms with Gasteiger partial charge >= 0.3 is 0 Å². The Labute approximate surface area is 109 Å². The molecule has 4 heteroatoms. The molecule has 1 aliphatic carbocycles. The van der Waals surface area contributed by atoms with E-state index < -0.39 is 0 Å². The number of hydrogen-bond acceptors (Lipinski definition) is 4. The molecular formula is C14H24N2O2. The molecule has 2 atom stereocenters. The number of aromatic nitrogens is 1. The normalized spacial score (nSPS) is 25.0. The number of aryl methyl sites for hydroxylation is 1. The van der Waals surface area contributed by atoms with Gasteiger partial charge in [0, 0.05) is 18.2 Å². The average molecular weight is 252 g/mol. The van der Waals surface area contributed by atoms with E-state index in [2.05, 4.69) is 23.9 Å². The smallest absolute Gasteiger partial charge is 0.150 e. The molecule has 1 aliphatic rings. The molecule has 0 aliphatic heterocycles. The van der Waals surface area contributed by atoms with Gasteiger partial charge in [-0.3, -0.25) is 4.90 Å². The van der Waals surface area contributed by atoms with Crippen molar-refractivity contribution in [1.82, 2.24) is 10.1 Å². The fourth-order valence-corrected chi connectivity index (χ4v) is 2.83. The van der Waals surface area contributed by atoms with Crippen molar-refractivity contribution in [3.63, 3.8) is 0 Å². The van der Waals surface area contributed by atoms with E-state index in [0.717, 1.165) is 37.3 Å². The molecule has 1 aromatic rings. The van der Waals surface area contributed by atoms with Gasteiger partial charge in [0.25, 0.3) is 0 Å². The first-order chi connectivity index (χ1) is 8.58. The molecule has 1 N–H and O–H groups in total. The Morgan fingerprint density at radius 3 is 2.72 bits per heavy atom. The fraction of sp³-hybridized carbons (Fsp3) is 0.786. The summed E-state index contributed by atoms with van der Waals surface area (Å²) in [5.74, 6) is 0.888. The number of aliphatic hydroxyl groups is 1. The first kappa shape index (κ1) is 13.6. The van der Waals surface area contributed by atoms with Crippen LogP contribution in [0.15, 0.2) is 10.6 Å². The monoisotopic (exact) mass is 252 g/mol. The summed E-state index contributed by atoms with van der Waals surface area (Å²) >= 11 is 0. The lowest BCUT2D eigenvalue weighted by atomic mass is 9.90. The first-order valence-corrected chi connectivity index (χ1v) is 6.94. The minimum atomic E-state index is -0.204. The molecule has 2 rings (SSSR count). The largest absolute Gasteiger partial charge is 0.391 e. The predicted octanol–water partition coefficient (Wildman–Crippen LogP) is 2.50. The summed E-state index contributed by atoms with van der Waals surface area (Å²) < 4.78 is 5.30. The van der Waals surface area contributed by atoms with Gasteiger partial charge in [0.2, 0.25) is 0 Å². The second kappa shape index (κ2) is 5.85. The molecule has 0 bridgehead atoms. The zero-order valence-corrected chi connectivity index (χ0v) is 11.6. The van der Waals surface area contributed by atoms with E-state index in [-0.39, 0.29) is 12.1 Å². The van der Waals surface area contributed by atoms with Gasteiger partial charge < -0.3 is 9.63 Å². The highest BCUT2D eigenvalue weighted by Gasteiger charge is 2.30. The van der Waals surface area contributed by atoms with Crippen LogP contribution in [0.4, 0.5) is 0 Å². The first-order valence-electron chi connectivity index (χ1n) is 6.94. The summed E-state index contributed by atoms with van der Waals surface area (Å²) in [7, 11) is 0. The molecule has 1 aromatic heterocycles. The van der Waals surface area contributed by atoms with Crippen molar-refractivity contribution >= 4 is 0 Å². The van der Waals surface area contributed by atoms with Crippen LogP contribution in [0, 0.1) is 6.92 Å². The molecule has 0 unspecified atom stereocenters. The quantitative estimate of drug-likeness (QED) is 0.894. The van der Waals surface area contributed by atoms with E-state index >= 15 is 0 Å². The van der Waals surface area contributed by atoms with Gasteiger partial charge in [0.1, 0.15) is 0 Å². The molecule has 18 heavy (non-hydrogen) atoms. The van der Waals surface area contributed by atoms with Crippen LogP contribution in [0.3, 0.4) is 0 Å². The Morgan fingerprint density at radius 2 is 2.17 bits per heavy atom. The van der Waals surface area contributed by atoms with E-state index in [9.17, 15) is 5.11 Å². The predicted molar refractivity (Wildman–Crippen MR) is 70.2 cm³/mol. The lowest BCUT2D eigenvalue weighted by molar-refractivity contribution is -0.00339. The Hall–Kier alpha value is -0.870. The maximum absolute atomic E-state index is 10.2. The molecule has 4 nitrogen and oxygen atoms in total. The standard InChI is InChI=1S/C14H24N2O2/c1-10(2)16(9-12-8-11(3)15-18-12)13-6-4-5-7-14(13)17/h8,10,13-14,17H,4-7,9H2,1-3H3/t13-,14+/m1/s1. The van der Waals surface area contributed by atoms with E-state index in [0.29, 0.717) is 6.04 Å². The summed E-state index contributed by atoms with van der Waals surface area (Å²) in [6.45, 7) is 7.01. The van der Waals surface area contributed by atoms with E-state index in [1.165, 1.54) is 6.42 Å². The minimum Gasteiger partial charge on any atom is -0.391 e. The van der Waals surface area contributed by atoms with Gasteiger partial charge in [0.15, 0.2) is 5.76 Å². The molecule has 0 radical (unpaired) electrons. The highest BCUT2D eigenvalue weighted by molar-refractivity contribution is 5.03. The van der Waals surface area contributed by atoms with Crippen molar-refractivity contribution in [2.24, 2.45) is 0 Å². The third-order valence-corrected chi connectivity index (χ3v) is 3.80. The van der Waals surface area contributed by atoms with Gasteiger partial charge in [-0.05, 0) is 33.6 Å². The van der Waals surface area contributed by atoms with Crippen LogP contribution in [-0.4, -0.2) is 33.4 Å². The number of hydrogen-bond donors (Lipinski definition) is 1. The lowest BCUT2D eigenvalue weighted by Crippen LogP contribution is -2.48. The Kier molecular flexibility index (Phi) is 4.40. The van der Waals surface area contributed by atoms with Crippen LogP contribution < -0.4 is 0 Å². The Morgan fingerprint density at radius 1 is 1.44 bits per heavy atom. The van der Waals surface area contributed by atoms with E-state index in [1.807, 2.05) is 13.0 Å². The van der Waals surface area contributed by atoms with Crippen LogP contribution in [0.25, 0.3) is 0 Å². The maximum atomic E-state index is 10.2. The molecule has 0 spiro atoms. The minimum absolute atomic E-state index is 0.204. The van der Waals surface area contributed by atoms with Gasteiger partial charge in [-0.15, -0.1) is 0 Å². The van der Waals surface area contributed by atoms with Crippen LogP contribution in [0.2, 0.25) is 0 Å². The third kappa shape index (κ3) is 3.12. The molecule has 0 amide bonds. The topological polar surface area (TPSA) is 49.5 Å².